The van der Waals surface area contributed by atoms with Crippen molar-refractivity contribution in [2.75, 3.05) is 30.0 Å². The summed E-state index contributed by atoms with van der Waals surface area (Å²) < 4.78 is 10.5. The van der Waals surface area contributed by atoms with E-state index in [2.05, 4.69) is 5.32 Å². The molecule has 7 nitrogen and oxygen atoms in total. The first-order valence-electron chi connectivity index (χ1n) is 9.11. The smallest absolute Gasteiger partial charge is 0.311 e. The summed E-state index contributed by atoms with van der Waals surface area (Å²) in [7, 11) is 0. The number of rotatable bonds is 7. The van der Waals surface area contributed by atoms with Crippen molar-refractivity contribution < 1.29 is 23.9 Å². The lowest BCUT2D eigenvalue weighted by molar-refractivity contribution is -0.151. The number of benzene rings is 2. The number of anilines is 2. The van der Waals surface area contributed by atoms with Crippen molar-refractivity contribution in [1.29, 1.82) is 0 Å². The van der Waals surface area contributed by atoms with E-state index in [4.69, 9.17) is 9.47 Å². The molecule has 1 aliphatic heterocycles. The molecular formula is C21H22N2O5. The van der Waals surface area contributed by atoms with Crippen molar-refractivity contribution in [2.45, 2.75) is 13.3 Å². The van der Waals surface area contributed by atoms with Gasteiger partial charge in [0.15, 0.2) is 6.61 Å². The Kier molecular flexibility index (Phi) is 6.26. The molecule has 0 unspecified atom stereocenters. The fourth-order valence-electron chi connectivity index (χ4n) is 2.98. The number of esters is 1. The maximum absolute atomic E-state index is 12.3. The lowest BCUT2D eigenvalue weighted by atomic mass is 10.1. The molecule has 0 aliphatic carbocycles. The Morgan fingerprint density at radius 1 is 1.11 bits per heavy atom. The lowest BCUT2D eigenvalue weighted by Gasteiger charge is -2.17. The molecule has 1 heterocycles. The van der Waals surface area contributed by atoms with Crippen molar-refractivity contribution in [2.24, 2.45) is 5.92 Å². The zero-order valence-electron chi connectivity index (χ0n) is 15.6. The average Bonchev–Trinajstić information content (AvgIpc) is 3.09. The molecule has 0 saturated carbocycles. The summed E-state index contributed by atoms with van der Waals surface area (Å²) in [6, 6.07) is 16.0. The summed E-state index contributed by atoms with van der Waals surface area (Å²) in [5, 5.41) is 2.64. The van der Waals surface area contributed by atoms with E-state index in [1.165, 1.54) is 0 Å². The van der Waals surface area contributed by atoms with Crippen molar-refractivity contribution in [3.05, 3.63) is 54.6 Å². The zero-order valence-corrected chi connectivity index (χ0v) is 15.6. The molecule has 3 rings (SSSR count). The van der Waals surface area contributed by atoms with Crippen LogP contribution < -0.4 is 15.0 Å². The molecule has 2 aromatic carbocycles. The van der Waals surface area contributed by atoms with Gasteiger partial charge in [0.05, 0.1) is 12.5 Å². The second kappa shape index (κ2) is 9.03. The van der Waals surface area contributed by atoms with Crippen LogP contribution in [0.5, 0.6) is 5.75 Å². The number of ether oxygens (including phenoxy) is 2. The summed E-state index contributed by atoms with van der Waals surface area (Å²) in [6.45, 7) is 2.30. The highest BCUT2D eigenvalue weighted by atomic mass is 16.5. The molecule has 7 heteroatoms. The number of amides is 2. The number of carbonyl (C=O) groups excluding carboxylic acids is 3. The van der Waals surface area contributed by atoms with Crippen LogP contribution in [0.3, 0.4) is 0 Å². The predicted molar refractivity (Wildman–Crippen MR) is 104 cm³/mol. The Bertz CT molecular complexity index is 836. The van der Waals surface area contributed by atoms with E-state index in [0.29, 0.717) is 18.0 Å². The molecule has 0 aromatic heterocycles. The van der Waals surface area contributed by atoms with Crippen LogP contribution in [0.2, 0.25) is 0 Å². The first-order valence-corrected chi connectivity index (χ1v) is 9.11. The maximum atomic E-state index is 12.3. The first-order chi connectivity index (χ1) is 13.6. The Labute approximate surface area is 163 Å². The van der Waals surface area contributed by atoms with E-state index in [-0.39, 0.29) is 25.5 Å². The van der Waals surface area contributed by atoms with E-state index in [0.717, 1.165) is 5.75 Å². The molecule has 28 heavy (non-hydrogen) atoms. The molecule has 0 radical (unpaired) electrons. The summed E-state index contributed by atoms with van der Waals surface area (Å²) in [6.07, 6.45) is 0.0619. The first kappa shape index (κ1) is 19.4. The van der Waals surface area contributed by atoms with Gasteiger partial charge in [-0.1, -0.05) is 18.2 Å². The number of carbonyl (C=O) groups is 3. The minimum absolute atomic E-state index is 0.0619. The van der Waals surface area contributed by atoms with E-state index >= 15 is 0 Å². The molecule has 0 bridgehead atoms. The monoisotopic (exact) mass is 382 g/mol. The molecule has 2 amide bonds. The van der Waals surface area contributed by atoms with E-state index in [1.807, 2.05) is 13.0 Å². The summed E-state index contributed by atoms with van der Waals surface area (Å²) in [4.78, 5) is 38.0. The third kappa shape index (κ3) is 4.88. The molecule has 1 saturated heterocycles. The zero-order chi connectivity index (χ0) is 19.9. The SMILES string of the molecule is CCOc1ccc(N2C[C@@H](C(=O)OCC(=O)Nc3ccccc3)CC2=O)cc1. The van der Waals surface area contributed by atoms with Gasteiger partial charge in [0, 0.05) is 24.3 Å². The van der Waals surface area contributed by atoms with Gasteiger partial charge in [-0.2, -0.15) is 0 Å². The highest BCUT2D eigenvalue weighted by molar-refractivity contribution is 6.00. The van der Waals surface area contributed by atoms with Gasteiger partial charge in [0.25, 0.3) is 5.91 Å². The van der Waals surface area contributed by atoms with Gasteiger partial charge in [-0.3, -0.25) is 14.4 Å². The third-order valence-corrected chi connectivity index (χ3v) is 4.32. The molecule has 2 aromatic rings. The quantitative estimate of drug-likeness (QED) is 0.744. The molecule has 0 spiro atoms. The van der Waals surface area contributed by atoms with Gasteiger partial charge in [-0.25, -0.2) is 0 Å². The van der Waals surface area contributed by atoms with Crippen LogP contribution in [-0.2, 0) is 19.1 Å². The molecule has 1 fully saturated rings. The normalized spacial score (nSPS) is 16.0. The summed E-state index contributed by atoms with van der Waals surface area (Å²) in [5.41, 5.74) is 1.33. The van der Waals surface area contributed by atoms with Gasteiger partial charge in [0.2, 0.25) is 5.91 Å². The van der Waals surface area contributed by atoms with Crippen molar-refractivity contribution >= 4 is 29.2 Å². The van der Waals surface area contributed by atoms with Gasteiger partial charge >= 0.3 is 5.97 Å². The van der Waals surface area contributed by atoms with Crippen molar-refractivity contribution in [1.82, 2.24) is 0 Å². The second-order valence-corrected chi connectivity index (χ2v) is 6.35. The highest BCUT2D eigenvalue weighted by Gasteiger charge is 2.36. The fourth-order valence-corrected chi connectivity index (χ4v) is 2.98. The molecule has 1 N–H and O–H groups in total. The van der Waals surface area contributed by atoms with E-state index in [9.17, 15) is 14.4 Å². The van der Waals surface area contributed by atoms with E-state index < -0.39 is 17.8 Å². The molecule has 1 atom stereocenters. The third-order valence-electron chi connectivity index (χ3n) is 4.32. The maximum Gasteiger partial charge on any atom is 0.311 e. The Morgan fingerprint density at radius 3 is 2.50 bits per heavy atom. The van der Waals surface area contributed by atoms with Gasteiger partial charge in [-0.15, -0.1) is 0 Å². The molecule has 146 valence electrons. The van der Waals surface area contributed by atoms with Crippen LogP contribution in [0.25, 0.3) is 0 Å². The van der Waals surface area contributed by atoms with Crippen molar-refractivity contribution in [3.63, 3.8) is 0 Å². The molecule has 1 aliphatic rings. The van der Waals surface area contributed by atoms with Crippen LogP contribution >= 0.6 is 0 Å². The van der Waals surface area contributed by atoms with Crippen LogP contribution in [0.1, 0.15) is 13.3 Å². The largest absolute Gasteiger partial charge is 0.494 e. The summed E-state index contributed by atoms with van der Waals surface area (Å²) >= 11 is 0. The second-order valence-electron chi connectivity index (χ2n) is 6.35. The number of para-hydroxylation sites is 1. The van der Waals surface area contributed by atoms with Crippen LogP contribution in [-0.4, -0.2) is 37.5 Å². The Morgan fingerprint density at radius 2 is 1.82 bits per heavy atom. The van der Waals surface area contributed by atoms with E-state index in [1.54, 1.807) is 53.4 Å². The molecular weight excluding hydrogens is 360 g/mol. The van der Waals surface area contributed by atoms with Crippen molar-refractivity contribution in [3.8, 4) is 5.75 Å². The lowest BCUT2D eigenvalue weighted by Crippen LogP contribution is -2.28. The van der Waals surface area contributed by atoms with Crippen LogP contribution in [0, 0.1) is 5.92 Å². The summed E-state index contributed by atoms with van der Waals surface area (Å²) in [5.74, 6) is -1.00. The Hall–Kier alpha value is -3.35. The van der Waals surface area contributed by atoms with Gasteiger partial charge in [0.1, 0.15) is 5.75 Å². The topological polar surface area (TPSA) is 84.9 Å². The number of nitrogens with one attached hydrogen (secondary N) is 1. The standard InChI is InChI=1S/C21H22N2O5/c1-2-27-18-10-8-17(9-11-18)23-13-15(12-20(23)25)21(26)28-14-19(24)22-16-6-4-3-5-7-16/h3-11,15H,2,12-14H2,1H3,(H,22,24)/t15-/m0/s1. The average molecular weight is 382 g/mol. The minimum atomic E-state index is -0.594. The number of hydrogen-bond acceptors (Lipinski definition) is 5. The highest BCUT2D eigenvalue weighted by Crippen LogP contribution is 2.27. The van der Waals surface area contributed by atoms with Crippen LogP contribution in [0.15, 0.2) is 54.6 Å². The fraction of sp³-hybridized carbons (Fsp3) is 0.286. The van der Waals surface area contributed by atoms with Gasteiger partial charge in [-0.05, 0) is 43.3 Å². The van der Waals surface area contributed by atoms with Crippen LogP contribution in [0.4, 0.5) is 11.4 Å². The predicted octanol–water partition coefficient (Wildman–Crippen LogP) is 2.62. The van der Waals surface area contributed by atoms with Gasteiger partial charge < -0.3 is 19.7 Å². The number of nitrogens with zero attached hydrogens (tertiary/aromatic N) is 1. The number of hydrogen-bond donors (Lipinski definition) is 1. The minimum Gasteiger partial charge on any atom is -0.494 e. The Balaban J connectivity index is 1.51.